The van der Waals surface area contributed by atoms with Crippen molar-refractivity contribution in [3.63, 3.8) is 0 Å². The molecule has 0 radical (unpaired) electrons. The van der Waals surface area contributed by atoms with Crippen LogP contribution in [0.3, 0.4) is 0 Å². The zero-order valence-electron chi connectivity index (χ0n) is 12.8. The fourth-order valence-corrected chi connectivity index (χ4v) is 2.70. The quantitative estimate of drug-likeness (QED) is 0.873. The van der Waals surface area contributed by atoms with Gasteiger partial charge in [0.05, 0.1) is 23.8 Å². The third-order valence-electron chi connectivity index (χ3n) is 3.75. The van der Waals surface area contributed by atoms with E-state index >= 15 is 0 Å². The van der Waals surface area contributed by atoms with Gasteiger partial charge in [0.2, 0.25) is 0 Å². The first kappa shape index (κ1) is 15.1. The molecule has 23 heavy (non-hydrogen) atoms. The molecule has 1 aromatic heterocycles. The number of cyclic esters (lactones) is 1. The van der Waals surface area contributed by atoms with Crippen molar-refractivity contribution >= 4 is 5.97 Å². The maximum Gasteiger partial charge on any atom is 0.339 e. The van der Waals surface area contributed by atoms with Crippen molar-refractivity contribution in [1.29, 1.82) is 0 Å². The lowest BCUT2D eigenvalue weighted by Crippen LogP contribution is -2.14. The fraction of sp³-hybridized carbons (Fsp3) is 0.294. The van der Waals surface area contributed by atoms with Crippen LogP contribution in [0.5, 0.6) is 11.5 Å². The molecule has 120 valence electrons. The number of hydrogen-bond acceptors (Lipinski definition) is 6. The maximum absolute atomic E-state index is 12.3. The predicted octanol–water partition coefficient (Wildman–Crippen LogP) is 2.57. The van der Waals surface area contributed by atoms with Crippen LogP contribution in [0.1, 0.15) is 46.7 Å². The van der Waals surface area contributed by atoms with Gasteiger partial charge in [-0.3, -0.25) is 4.79 Å². The Labute approximate surface area is 132 Å². The summed E-state index contributed by atoms with van der Waals surface area (Å²) >= 11 is 0. The molecular formula is C17H16O6. The van der Waals surface area contributed by atoms with Gasteiger partial charge in [-0.25, -0.2) is 4.79 Å². The van der Waals surface area contributed by atoms with Gasteiger partial charge < -0.3 is 19.0 Å². The van der Waals surface area contributed by atoms with Gasteiger partial charge in [-0.05, 0) is 12.5 Å². The highest BCUT2D eigenvalue weighted by molar-refractivity contribution is 5.96. The zero-order valence-corrected chi connectivity index (χ0v) is 12.8. The van der Waals surface area contributed by atoms with Gasteiger partial charge >= 0.3 is 5.97 Å². The minimum absolute atomic E-state index is 0.108. The number of aromatic hydroxyl groups is 1. The summed E-state index contributed by atoms with van der Waals surface area (Å²) in [4.78, 5) is 24.4. The number of methoxy groups -OCH3 is 1. The van der Waals surface area contributed by atoms with E-state index in [-0.39, 0.29) is 28.1 Å². The molecule has 3 rings (SSSR count). The van der Waals surface area contributed by atoms with Crippen LogP contribution in [0.2, 0.25) is 0 Å². The van der Waals surface area contributed by atoms with Crippen molar-refractivity contribution in [2.45, 2.75) is 25.9 Å². The number of esters is 1. The smallest absolute Gasteiger partial charge is 0.339 e. The van der Waals surface area contributed by atoms with Gasteiger partial charge in [0.15, 0.2) is 11.5 Å². The molecule has 0 aliphatic carbocycles. The van der Waals surface area contributed by atoms with Crippen LogP contribution in [-0.2, 0) is 11.2 Å². The lowest BCUT2D eigenvalue weighted by molar-refractivity contribution is 0.0450. The topological polar surface area (TPSA) is 86.0 Å². The van der Waals surface area contributed by atoms with Crippen molar-refractivity contribution in [1.82, 2.24) is 0 Å². The van der Waals surface area contributed by atoms with E-state index in [1.807, 2.05) is 6.92 Å². The van der Waals surface area contributed by atoms with Crippen LogP contribution < -0.4 is 10.2 Å². The van der Waals surface area contributed by atoms with Crippen LogP contribution in [0, 0.1) is 0 Å². The molecule has 0 amide bonds. The van der Waals surface area contributed by atoms with E-state index in [4.69, 9.17) is 13.9 Å². The molecule has 1 aliphatic heterocycles. The van der Waals surface area contributed by atoms with E-state index in [0.29, 0.717) is 17.7 Å². The summed E-state index contributed by atoms with van der Waals surface area (Å²) in [5, 5.41) is 9.66. The first-order valence-corrected chi connectivity index (χ1v) is 7.28. The summed E-state index contributed by atoms with van der Waals surface area (Å²) in [5.41, 5.74) is 0.566. The molecule has 0 unspecified atom stereocenters. The number of carbonyl (C=O) groups excluding carboxylic acids is 1. The second-order valence-electron chi connectivity index (χ2n) is 5.31. The molecule has 1 aliphatic rings. The average Bonchev–Trinajstić information content (AvgIpc) is 2.84. The summed E-state index contributed by atoms with van der Waals surface area (Å²) in [6, 6.07) is 4.09. The molecule has 6 heteroatoms. The SMILES string of the molecule is CCCc1cc(=O)c([C@@H]2OC(=O)c3cc(O)cc(OC)c32)co1. The number of hydrogen-bond donors (Lipinski definition) is 1. The number of rotatable bonds is 4. The number of phenolic OH excluding ortho intramolecular Hbond substituents is 1. The van der Waals surface area contributed by atoms with Crippen LogP contribution in [0.25, 0.3) is 0 Å². The fourth-order valence-electron chi connectivity index (χ4n) is 2.70. The number of aryl methyl sites for hydroxylation is 1. The lowest BCUT2D eigenvalue weighted by Gasteiger charge is -2.13. The Balaban J connectivity index is 2.11. The standard InChI is InChI=1S/C17H16O6/c1-3-4-10-7-13(19)12(8-22-10)16-15-11(17(20)23-16)5-9(18)6-14(15)21-2/h5-8,16,18H,3-4H2,1-2H3/t16-/m0/s1. The van der Waals surface area contributed by atoms with Crippen LogP contribution in [0.15, 0.2) is 33.7 Å². The van der Waals surface area contributed by atoms with Gasteiger partial charge in [0, 0.05) is 18.6 Å². The third-order valence-corrected chi connectivity index (χ3v) is 3.75. The Bertz CT molecular complexity index is 820. The van der Waals surface area contributed by atoms with Crippen LogP contribution >= 0.6 is 0 Å². The highest BCUT2D eigenvalue weighted by Gasteiger charge is 2.37. The van der Waals surface area contributed by atoms with Gasteiger partial charge in [-0.15, -0.1) is 0 Å². The number of benzene rings is 1. The molecule has 6 nitrogen and oxygen atoms in total. The van der Waals surface area contributed by atoms with E-state index in [2.05, 4.69) is 0 Å². The van der Waals surface area contributed by atoms with E-state index in [0.717, 1.165) is 6.42 Å². The minimum Gasteiger partial charge on any atom is -0.508 e. The number of ether oxygens (including phenoxy) is 2. The van der Waals surface area contributed by atoms with Gasteiger partial charge in [0.1, 0.15) is 23.5 Å². The Morgan fingerprint density at radius 2 is 2.04 bits per heavy atom. The molecule has 0 saturated heterocycles. The molecule has 2 heterocycles. The zero-order chi connectivity index (χ0) is 16.6. The molecule has 2 aromatic rings. The van der Waals surface area contributed by atoms with Crippen molar-refractivity contribution in [3.8, 4) is 11.5 Å². The van der Waals surface area contributed by atoms with Gasteiger partial charge in [0.25, 0.3) is 0 Å². The molecule has 0 saturated carbocycles. The van der Waals surface area contributed by atoms with Crippen molar-refractivity contribution in [2.75, 3.05) is 7.11 Å². The Morgan fingerprint density at radius 3 is 2.70 bits per heavy atom. The van der Waals surface area contributed by atoms with Crippen molar-refractivity contribution in [3.05, 3.63) is 57.1 Å². The second-order valence-corrected chi connectivity index (χ2v) is 5.31. The van der Waals surface area contributed by atoms with E-state index in [1.54, 1.807) is 0 Å². The largest absolute Gasteiger partial charge is 0.508 e. The van der Waals surface area contributed by atoms with Gasteiger partial charge in [-0.2, -0.15) is 0 Å². The summed E-state index contributed by atoms with van der Waals surface area (Å²) in [7, 11) is 1.42. The number of fused-ring (bicyclic) bond motifs is 1. The monoisotopic (exact) mass is 316 g/mol. The first-order valence-electron chi connectivity index (χ1n) is 7.28. The normalized spacial score (nSPS) is 16.1. The maximum atomic E-state index is 12.3. The predicted molar refractivity (Wildman–Crippen MR) is 80.9 cm³/mol. The highest BCUT2D eigenvalue weighted by atomic mass is 16.6. The Morgan fingerprint density at radius 1 is 1.26 bits per heavy atom. The van der Waals surface area contributed by atoms with Gasteiger partial charge in [-0.1, -0.05) is 6.92 Å². The van der Waals surface area contributed by atoms with Crippen LogP contribution in [-0.4, -0.2) is 18.2 Å². The van der Waals surface area contributed by atoms with Crippen molar-refractivity contribution in [2.24, 2.45) is 0 Å². The Hall–Kier alpha value is -2.76. The summed E-state index contributed by atoms with van der Waals surface area (Å²) in [6.45, 7) is 1.99. The molecule has 1 N–H and O–H groups in total. The number of carbonyl (C=O) groups is 1. The van der Waals surface area contributed by atoms with Crippen molar-refractivity contribution < 1.29 is 23.8 Å². The molecule has 0 spiro atoms. The Kier molecular flexibility index (Phi) is 3.82. The van der Waals surface area contributed by atoms with E-state index < -0.39 is 12.1 Å². The molecule has 0 fully saturated rings. The molecular weight excluding hydrogens is 300 g/mol. The van der Waals surface area contributed by atoms with E-state index in [9.17, 15) is 14.7 Å². The summed E-state index contributed by atoms with van der Waals surface area (Å²) in [6.07, 6.45) is 1.94. The molecule has 0 bridgehead atoms. The highest BCUT2D eigenvalue weighted by Crippen LogP contribution is 2.42. The number of phenols is 1. The lowest BCUT2D eigenvalue weighted by atomic mass is 9.98. The molecule has 1 atom stereocenters. The summed E-state index contributed by atoms with van der Waals surface area (Å²) < 4.78 is 16.0. The third kappa shape index (κ3) is 2.56. The first-order chi connectivity index (χ1) is 11.0. The van der Waals surface area contributed by atoms with Crippen LogP contribution in [0.4, 0.5) is 0 Å². The average molecular weight is 316 g/mol. The van der Waals surface area contributed by atoms with E-state index in [1.165, 1.54) is 31.6 Å². The second kappa shape index (κ2) is 5.79. The molecule has 1 aromatic carbocycles. The minimum atomic E-state index is -0.903. The summed E-state index contributed by atoms with van der Waals surface area (Å²) in [5.74, 6) is 0.149.